The third-order valence-electron chi connectivity index (χ3n) is 4.85. The van der Waals surface area contributed by atoms with Crippen LogP contribution in [-0.4, -0.2) is 58.0 Å². The molecule has 1 aliphatic rings. The molecule has 1 amide bonds. The second kappa shape index (κ2) is 7.44. The van der Waals surface area contributed by atoms with Crippen LogP contribution in [0.25, 0.3) is 10.9 Å². The van der Waals surface area contributed by atoms with Crippen molar-refractivity contribution in [2.24, 2.45) is 5.41 Å². The molecule has 0 spiro atoms. The number of halogens is 3. The summed E-state index contributed by atoms with van der Waals surface area (Å²) < 4.78 is 14.8. The Morgan fingerprint density at radius 1 is 1.39 bits per heavy atom. The summed E-state index contributed by atoms with van der Waals surface area (Å²) >= 11 is 9.21. The van der Waals surface area contributed by atoms with Crippen LogP contribution in [0.3, 0.4) is 0 Å². The summed E-state index contributed by atoms with van der Waals surface area (Å²) in [4.78, 5) is 34.5. The van der Waals surface area contributed by atoms with E-state index in [1.54, 1.807) is 6.07 Å². The second-order valence-electron chi connectivity index (χ2n) is 7.71. The van der Waals surface area contributed by atoms with Gasteiger partial charge in [-0.2, -0.15) is 0 Å². The predicted molar refractivity (Wildman–Crippen MR) is 108 cm³/mol. The lowest BCUT2D eigenvalue weighted by Crippen LogP contribution is -2.59. The van der Waals surface area contributed by atoms with E-state index in [2.05, 4.69) is 25.9 Å². The minimum atomic E-state index is -0.987. The minimum Gasteiger partial charge on any atom is -0.465 e. The van der Waals surface area contributed by atoms with Crippen molar-refractivity contribution >= 4 is 56.6 Å². The Hall–Kier alpha value is -2.00. The van der Waals surface area contributed by atoms with Crippen molar-refractivity contribution in [3.05, 3.63) is 27.2 Å². The number of aldehydes is 1. The summed E-state index contributed by atoms with van der Waals surface area (Å²) in [7, 11) is 0. The quantitative estimate of drug-likeness (QED) is 0.519. The number of carboxylic acid groups (broad SMARTS) is 1. The van der Waals surface area contributed by atoms with Gasteiger partial charge in [-0.05, 0) is 27.4 Å². The van der Waals surface area contributed by atoms with E-state index in [0.717, 1.165) is 0 Å². The maximum Gasteiger partial charge on any atom is 0.407 e. The first-order valence-corrected chi connectivity index (χ1v) is 9.76. The highest BCUT2D eigenvalue weighted by Crippen LogP contribution is 2.37. The summed E-state index contributed by atoms with van der Waals surface area (Å²) in [5.41, 5.74) is -0.351. The first kappa shape index (κ1) is 20.7. The monoisotopic (exact) mass is 472 g/mol. The van der Waals surface area contributed by atoms with Crippen molar-refractivity contribution in [1.82, 2.24) is 14.9 Å². The van der Waals surface area contributed by atoms with Gasteiger partial charge >= 0.3 is 6.09 Å². The number of hydrogen-bond acceptors (Lipinski definition) is 5. The van der Waals surface area contributed by atoms with Crippen LogP contribution in [-0.2, 0) is 0 Å². The molecular formula is C18H19BrClFN4O3. The van der Waals surface area contributed by atoms with E-state index < -0.39 is 11.9 Å². The summed E-state index contributed by atoms with van der Waals surface area (Å²) in [5.74, 6) is -0.464. The fraction of sp³-hybridized carbons (Fsp3) is 0.444. The molecular weight excluding hydrogens is 455 g/mol. The number of fused-ring (bicyclic) bond motifs is 1. The maximum atomic E-state index is 14.7. The average molecular weight is 474 g/mol. The summed E-state index contributed by atoms with van der Waals surface area (Å²) in [6.45, 7) is 6.82. The highest BCUT2D eigenvalue weighted by Gasteiger charge is 2.39. The molecule has 1 aromatic carbocycles. The van der Waals surface area contributed by atoms with Crippen molar-refractivity contribution in [3.8, 4) is 0 Å². The van der Waals surface area contributed by atoms with Crippen LogP contribution in [0.1, 0.15) is 31.4 Å². The molecule has 7 nitrogen and oxygen atoms in total. The van der Waals surface area contributed by atoms with Gasteiger partial charge in [0.15, 0.2) is 17.9 Å². The van der Waals surface area contributed by atoms with Gasteiger partial charge in [0.25, 0.3) is 0 Å². The summed E-state index contributed by atoms with van der Waals surface area (Å²) in [6, 6.07) is 1.23. The lowest BCUT2D eigenvalue weighted by Gasteiger charge is -2.46. The zero-order chi connectivity index (χ0) is 20.8. The van der Waals surface area contributed by atoms with Crippen molar-refractivity contribution in [2.45, 2.75) is 26.8 Å². The minimum absolute atomic E-state index is 0.0173. The van der Waals surface area contributed by atoms with E-state index in [-0.39, 0.29) is 38.8 Å². The van der Waals surface area contributed by atoms with Crippen molar-refractivity contribution < 1.29 is 19.1 Å². The van der Waals surface area contributed by atoms with E-state index in [0.29, 0.717) is 30.6 Å². The standard InChI is InChI=1S/C18H19BrClFN4O3/c1-18(2,3)11-7-24(4-5-25(11)17(27)28)16-9-6-10(20)13(19)14(21)15(9)22-12(8-26)23-16/h6,8,11H,4-5,7H2,1-3H3,(H,27,28). The first-order chi connectivity index (χ1) is 13.0. The maximum absolute atomic E-state index is 14.7. The zero-order valence-corrected chi connectivity index (χ0v) is 17.9. The molecule has 10 heteroatoms. The molecule has 3 rings (SSSR count). The van der Waals surface area contributed by atoms with Crippen molar-refractivity contribution in [2.75, 3.05) is 24.5 Å². The highest BCUT2D eigenvalue weighted by atomic mass is 79.9. The number of aromatic nitrogens is 2. The molecule has 28 heavy (non-hydrogen) atoms. The van der Waals surface area contributed by atoms with E-state index >= 15 is 0 Å². The number of hydrogen-bond donors (Lipinski definition) is 1. The van der Waals surface area contributed by atoms with Gasteiger partial charge in [0.2, 0.25) is 0 Å². The number of carbonyl (C=O) groups excluding carboxylic acids is 1. The van der Waals surface area contributed by atoms with Crippen LogP contribution in [0.5, 0.6) is 0 Å². The topological polar surface area (TPSA) is 86.6 Å². The van der Waals surface area contributed by atoms with Gasteiger partial charge in [0.1, 0.15) is 11.3 Å². The molecule has 0 aliphatic carbocycles. The van der Waals surface area contributed by atoms with Crippen LogP contribution < -0.4 is 4.90 Å². The van der Waals surface area contributed by atoms with Gasteiger partial charge in [-0.15, -0.1) is 0 Å². The molecule has 1 saturated heterocycles. The summed E-state index contributed by atoms with van der Waals surface area (Å²) in [5, 5.41) is 10.1. The number of piperazine rings is 1. The van der Waals surface area contributed by atoms with Gasteiger partial charge in [-0.3, -0.25) is 4.79 Å². The number of amides is 1. The molecule has 2 heterocycles. The summed E-state index contributed by atoms with van der Waals surface area (Å²) in [6.07, 6.45) is -0.529. The van der Waals surface area contributed by atoms with E-state index in [4.69, 9.17) is 11.6 Å². The fourth-order valence-corrected chi connectivity index (χ4v) is 3.91. The number of anilines is 1. The Morgan fingerprint density at radius 2 is 2.07 bits per heavy atom. The van der Waals surface area contributed by atoms with E-state index in [1.165, 1.54) is 4.90 Å². The van der Waals surface area contributed by atoms with Crippen LogP contribution in [0.15, 0.2) is 10.5 Å². The lowest BCUT2D eigenvalue weighted by molar-refractivity contribution is 0.0747. The molecule has 0 saturated carbocycles. The Labute approximate surface area is 174 Å². The molecule has 1 fully saturated rings. The van der Waals surface area contributed by atoms with Crippen LogP contribution >= 0.6 is 27.5 Å². The Kier molecular flexibility index (Phi) is 5.51. The normalized spacial score (nSPS) is 17.9. The van der Waals surface area contributed by atoms with Crippen LogP contribution in [0, 0.1) is 11.2 Å². The van der Waals surface area contributed by atoms with Crippen LogP contribution in [0.2, 0.25) is 5.02 Å². The van der Waals surface area contributed by atoms with E-state index in [9.17, 15) is 19.1 Å². The first-order valence-electron chi connectivity index (χ1n) is 8.59. The molecule has 1 atom stereocenters. The SMILES string of the molecule is CC(C)(C)C1CN(c2nc(C=O)nc3c(F)c(Br)c(Cl)cc23)CCN1C(=O)O. The van der Waals surface area contributed by atoms with Gasteiger partial charge < -0.3 is 14.9 Å². The predicted octanol–water partition coefficient (Wildman–Crippen LogP) is 4.21. The second-order valence-corrected chi connectivity index (χ2v) is 8.91. The van der Waals surface area contributed by atoms with Crippen LogP contribution in [0.4, 0.5) is 15.0 Å². The van der Waals surface area contributed by atoms with Crippen molar-refractivity contribution in [1.29, 1.82) is 0 Å². The smallest absolute Gasteiger partial charge is 0.407 e. The van der Waals surface area contributed by atoms with E-state index in [1.807, 2.05) is 25.7 Å². The van der Waals surface area contributed by atoms with Gasteiger partial charge in [-0.1, -0.05) is 32.4 Å². The Balaban J connectivity index is 2.15. The Morgan fingerprint density at radius 3 is 2.64 bits per heavy atom. The molecule has 0 radical (unpaired) electrons. The number of benzene rings is 1. The fourth-order valence-electron chi connectivity index (χ4n) is 3.41. The zero-order valence-electron chi connectivity index (χ0n) is 15.5. The van der Waals surface area contributed by atoms with Gasteiger partial charge in [-0.25, -0.2) is 19.2 Å². The number of rotatable bonds is 2. The van der Waals surface area contributed by atoms with Gasteiger partial charge in [0, 0.05) is 25.0 Å². The number of carbonyl (C=O) groups is 2. The third kappa shape index (κ3) is 3.65. The van der Waals surface area contributed by atoms with Crippen molar-refractivity contribution in [3.63, 3.8) is 0 Å². The number of nitrogens with zero attached hydrogens (tertiary/aromatic N) is 4. The largest absolute Gasteiger partial charge is 0.465 e. The average Bonchev–Trinajstić information content (AvgIpc) is 2.64. The molecule has 1 N–H and O–H groups in total. The Bertz CT molecular complexity index is 966. The lowest BCUT2D eigenvalue weighted by atomic mass is 9.84. The molecule has 1 unspecified atom stereocenters. The molecule has 1 aliphatic heterocycles. The highest BCUT2D eigenvalue weighted by molar-refractivity contribution is 9.10. The molecule has 0 bridgehead atoms. The third-order valence-corrected chi connectivity index (χ3v) is 6.16. The van der Waals surface area contributed by atoms with Gasteiger partial charge in [0.05, 0.1) is 15.5 Å². The molecule has 150 valence electrons. The molecule has 2 aromatic rings. The molecule has 1 aromatic heterocycles.